The van der Waals surface area contributed by atoms with E-state index in [1.807, 2.05) is 0 Å². The van der Waals surface area contributed by atoms with Crippen LogP contribution in [0.2, 0.25) is 0 Å². The Morgan fingerprint density at radius 3 is 1.33 bits per heavy atom. The van der Waals surface area contributed by atoms with E-state index < -0.39 is 23.9 Å². The molecule has 0 unspecified atom stereocenters. The Labute approximate surface area is 327 Å². The second-order valence-electron chi connectivity index (χ2n) is 14.1. The first-order chi connectivity index (χ1) is 26.5. The minimum atomic E-state index is -0.677. The molecule has 0 aliphatic heterocycles. The quantitative estimate of drug-likeness (QED) is 0.0385. The van der Waals surface area contributed by atoms with Gasteiger partial charge in [-0.25, -0.2) is 14.4 Å². The number of carboxylic acid groups (broad SMARTS) is 1. The topological polar surface area (TPSA) is 135 Å². The number of carbonyl (C=O) groups excluding carboxylic acids is 3. The highest BCUT2D eigenvalue weighted by molar-refractivity contribution is 5.92. The third-order valence-corrected chi connectivity index (χ3v) is 8.26. The fourth-order valence-corrected chi connectivity index (χ4v) is 5.11. The molecule has 10 heteroatoms. The van der Waals surface area contributed by atoms with Crippen LogP contribution in [-0.4, -0.2) is 48.8 Å². The first-order valence-electron chi connectivity index (χ1n) is 19.5. The molecule has 0 aliphatic rings. The number of rotatable bonds is 25. The van der Waals surface area contributed by atoms with Gasteiger partial charge in [0.1, 0.15) is 23.0 Å². The Bertz CT molecular complexity index is 1540. The van der Waals surface area contributed by atoms with Gasteiger partial charge >= 0.3 is 23.9 Å². The smallest absolute Gasteiger partial charge is 0.343 e. The van der Waals surface area contributed by atoms with Crippen molar-refractivity contribution in [3.05, 3.63) is 96.6 Å². The summed E-state index contributed by atoms with van der Waals surface area (Å²) >= 11 is 0. The zero-order valence-electron chi connectivity index (χ0n) is 33.1. The van der Waals surface area contributed by atoms with E-state index in [0.717, 1.165) is 75.5 Å². The van der Waals surface area contributed by atoms with Gasteiger partial charge in [-0.15, -0.1) is 0 Å². The van der Waals surface area contributed by atoms with Crippen molar-refractivity contribution in [2.75, 3.05) is 19.8 Å². The summed E-state index contributed by atoms with van der Waals surface area (Å²) < 4.78 is 27.4. The van der Waals surface area contributed by atoms with Crippen molar-refractivity contribution >= 4 is 23.9 Å². The van der Waals surface area contributed by atoms with Crippen LogP contribution in [0.15, 0.2) is 85.5 Å². The van der Waals surface area contributed by atoms with Crippen molar-refractivity contribution in [2.24, 2.45) is 11.8 Å². The van der Waals surface area contributed by atoms with Gasteiger partial charge in [0.15, 0.2) is 0 Å². The summed E-state index contributed by atoms with van der Waals surface area (Å²) in [6, 6.07) is 19.9. The van der Waals surface area contributed by atoms with E-state index in [2.05, 4.69) is 34.3 Å². The summed E-state index contributed by atoms with van der Waals surface area (Å²) in [5.74, 6) is 1.39. The molecule has 3 aromatic rings. The maximum absolute atomic E-state index is 12.6. The summed E-state index contributed by atoms with van der Waals surface area (Å²) in [7, 11) is 0. The van der Waals surface area contributed by atoms with Gasteiger partial charge in [0.25, 0.3) is 0 Å². The Hall–Kier alpha value is -5.12. The minimum Gasteiger partial charge on any atom is -0.494 e. The first kappa shape index (κ1) is 46.0. The first-order valence-corrected chi connectivity index (χ1v) is 19.5. The summed E-state index contributed by atoms with van der Waals surface area (Å²) in [5, 5.41) is 8.28. The third kappa shape index (κ3) is 22.0. The maximum Gasteiger partial charge on any atom is 0.343 e. The van der Waals surface area contributed by atoms with Gasteiger partial charge in [0.2, 0.25) is 0 Å². The molecule has 0 bridgehead atoms. The normalized spacial score (nSPS) is 10.6. The number of carbonyl (C=O) groups is 4. The lowest BCUT2D eigenvalue weighted by Gasteiger charge is -2.09. The monoisotopic (exact) mass is 760 g/mol. The van der Waals surface area contributed by atoms with Crippen LogP contribution < -0.4 is 18.9 Å². The number of hydrogen-bond acceptors (Lipinski definition) is 9. The lowest BCUT2D eigenvalue weighted by molar-refractivity contribution is -0.138. The second-order valence-corrected chi connectivity index (χ2v) is 14.1. The molecule has 0 heterocycles. The van der Waals surface area contributed by atoms with Crippen molar-refractivity contribution in [3.8, 4) is 23.0 Å². The van der Waals surface area contributed by atoms with Crippen LogP contribution in [0.4, 0.5) is 0 Å². The Balaban J connectivity index is 0.000000915. The van der Waals surface area contributed by atoms with E-state index >= 15 is 0 Å². The van der Waals surface area contributed by atoms with E-state index in [-0.39, 0.29) is 0 Å². The fraction of sp³-hybridized carbons (Fsp3) is 0.467. The predicted molar refractivity (Wildman–Crippen MR) is 214 cm³/mol. The van der Waals surface area contributed by atoms with E-state index in [9.17, 15) is 19.2 Å². The summed E-state index contributed by atoms with van der Waals surface area (Å²) in [4.78, 5) is 46.2. The van der Waals surface area contributed by atoms with E-state index in [0.29, 0.717) is 60.5 Å². The summed E-state index contributed by atoms with van der Waals surface area (Å²) in [6.45, 7) is 13.7. The van der Waals surface area contributed by atoms with Gasteiger partial charge in [-0.05, 0) is 123 Å². The molecule has 3 aromatic carbocycles. The molecule has 0 fully saturated rings. The number of unbranched alkanes of at least 4 members (excludes halogenated alkanes) is 6. The lowest BCUT2D eigenvalue weighted by atomic mass is 10.1. The zero-order valence-corrected chi connectivity index (χ0v) is 33.1. The highest BCUT2D eigenvalue weighted by Gasteiger charge is 2.12. The molecule has 1 N–H and O–H groups in total. The van der Waals surface area contributed by atoms with Crippen molar-refractivity contribution in [1.29, 1.82) is 0 Å². The zero-order chi connectivity index (χ0) is 40.3. The largest absolute Gasteiger partial charge is 0.494 e. The van der Waals surface area contributed by atoms with Crippen LogP contribution in [0.5, 0.6) is 23.0 Å². The third-order valence-electron chi connectivity index (χ3n) is 8.26. The van der Waals surface area contributed by atoms with Gasteiger partial charge in [-0.2, -0.15) is 0 Å². The van der Waals surface area contributed by atoms with Gasteiger partial charge in [-0.3, -0.25) is 4.79 Å². The molecule has 3 rings (SSSR count). The molecule has 0 aromatic heterocycles. The van der Waals surface area contributed by atoms with E-state index in [1.165, 1.54) is 12.8 Å². The van der Waals surface area contributed by atoms with Crippen molar-refractivity contribution < 1.29 is 48.0 Å². The molecule has 0 spiro atoms. The van der Waals surface area contributed by atoms with Crippen LogP contribution >= 0.6 is 0 Å². The number of ether oxygens (including phenoxy) is 5. The molecular weight excluding hydrogens is 700 g/mol. The molecule has 300 valence electrons. The lowest BCUT2D eigenvalue weighted by Crippen LogP contribution is -2.10. The fourth-order valence-electron chi connectivity index (χ4n) is 5.11. The molecule has 0 saturated heterocycles. The Morgan fingerprint density at radius 2 is 0.927 bits per heavy atom. The van der Waals surface area contributed by atoms with Crippen molar-refractivity contribution in [3.63, 3.8) is 0 Å². The van der Waals surface area contributed by atoms with Gasteiger partial charge in [0.05, 0.1) is 30.9 Å². The minimum absolute atomic E-state index is 0.324. The molecule has 0 atom stereocenters. The van der Waals surface area contributed by atoms with Gasteiger partial charge in [-0.1, -0.05) is 66.4 Å². The molecular formula is C45H60O10. The van der Waals surface area contributed by atoms with Crippen LogP contribution in [0.25, 0.3) is 0 Å². The van der Waals surface area contributed by atoms with Gasteiger partial charge in [0, 0.05) is 12.5 Å². The number of hydrogen-bond donors (Lipinski definition) is 1. The average molecular weight is 761 g/mol. The van der Waals surface area contributed by atoms with Crippen LogP contribution in [0, 0.1) is 11.8 Å². The van der Waals surface area contributed by atoms with Gasteiger partial charge < -0.3 is 28.8 Å². The molecule has 0 aliphatic carbocycles. The average Bonchev–Trinajstić information content (AvgIpc) is 3.17. The Morgan fingerprint density at radius 1 is 0.545 bits per heavy atom. The number of benzene rings is 3. The second kappa shape index (κ2) is 27.5. The SMILES string of the molecule is C=CC(=O)OCCCCCCOc1ccc(C(=O)Oc2ccc(OC(=O)c3ccc(OCCCCCC(C)C)cc3)cc2)cc1.CC(C)CCCCC(=O)O. The molecule has 0 radical (unpaired) electrons. The van der Waals surface area contributed by atoms with E-state index in [4.69, 9.17) is 28.8 Å². The number of aliphatic carboxylic acids is 1. The maximum atomic E-state index is 12.6. The number of esters is 3. The van der Waals surface area contributed by atoms with Crippen LogP contribution in [0.1, 0.15) is 125 Å². The predicted octanol–water partition coefficient (Wildman–Crippen LogP) is 10.7. The summed E-state index contributed by atoms with van der Waals surface area (Å²) in [5.41, 5.74) is 0.788. The van der Waals surface area contributed by atoms with Crippen molar-refractivity contribution in [2.45, 2.75) is 105 Å². The standard InChI is InChI=1S/C37H44O8.C8H16O2/c1-4-35(38)43-27-10-6-5-9-25-41-31-17-13-29(14-18-31)36(39)44-33-21-23-34(24-22-33)45-37(40)30-15-19-32(20-16-30)42-26-11-7-8-12-28(2)3;1-7(2)5-3-4-6-8(9)10/h4,13-24,28H,1,5-12,25-27H2,2-3H3;7H,3-6H2,1-2H3,(H,9,10). The molecule has 55 heavy (non-hydrogen) atoms. The highest BCUT2D eigenvalue weighted by atomic mass is 16.5. The summed E-state index contributed by atoms with van der Waals surface area (Å²) in [6.07, 6.45) is 12.7. The van der Waals surface area contributed by atoms with Crippen molar-refractivity contribution in [1.82, 2.24) is 0 Å². The van der Waals surface area contributed by atoms with E-state index in [1.54, 1.807) is 72.8 Å². The number of carboxylic acids is 1. The highest BCUT2D eigenvalue weighted by Crippen LogP contribution is 2.22. The molecule has 0 amide bonds. The Kier molecular flexibility index (Phi) is 23.0. The molecule has 10 nitrogen and oxygen atoms in total. The van der Waals surface area contributed by atoms with Crippen LogP contribution in [0.3, 0.4) is 0 Å². The molecule has 0 saturated carbocycles. The van der Waals surface area contributed by atoms with Crippen LogP contribution in [-0.2, 0) is 14.3 Å².